The van der Waals surface area contributed by atoms with Crippen LogP contribution in [-0.2, 0) is 13.1 Å². The minimum atomic E-state index is 0.651. The predicted octanol–water partition coefficient (Wildman–Crippen LogP) is 3.14. The molecule has 0 fully saturated rings. The molecule has 1 aromatic heterocycles. The van der Waals surface area contributed by atoms with Gasteiger partial charge in [-0.1, -0.05) is 34.1 Å². The van der Waals surface area contributed by atoms with Crippen LogP contribution in [0, 0.1) is 0 Å². The van der Waals surface area contributed by atoms with Crippen molar-refractivity contribution >= 4 is 15.9 Å². The largest absolute Gasteiger partial charge is 0.481 e. The molecule has 2 aromatic rings. The summed E-state index contributed by atoms with van der Waals surface area (Å²) in [6, 6.07) is 14.0. The van der Waals surface area contributed by atoms with Crippen LogP contribution >= 0.6 is 15.9 Å². The molecule has 18 heavy (non-hydrogen) atoms. The number of methoxy groups -OCH3 is 1. The van der Waals surface area contributed by atoms with Crippen molar-refractivity contribution < 1.29 is 4.74 Å². The Balaban J connectivity index is 1.86. The van der Waals surface area contributed by atoms with Crippen LogP contribution in [0.25, 0.3) is 0 Å². The first-order chi connectivity index (χ1) is 8.78. The molecule has 3 nitrogen and oxygen atoms in total. The van der Waals surface area contributed by atoms with Crippen molar-refractivity contribution in [3.8, 4) is 5.88 Å². The molecule has 0 aliphatic heterocycles. The van der Waals surface area contributed by atoms with E-state index < -0.39 is 0 Å². The van der Waals surface area contributed by atoms with Gasteiger partial charge < -0.3 is 10.1 Å². The lowest BCUT2D eigenvalue weighted by Crippen LogP contribution is -2.13. The Hall–Kier alpha value is -1.39. The molecule has 0 atom stereocenters. The van der Waals surface area contributed by atoms with E-state index in [-0.39, 0.29) is 0 Å². The Labute approximate surface area is 115 Å². The topological polar surface area (TPSA) is 34.1 Å². The van der Waals surface area contributed by atoms with Crippen LogP contribution in [0.3, 0.4) is 0 Å². The summed E-state index contributed by atoms with van der Waals surface area (Å²) in [5, 5.41) is 3.36. The number of hydrogen-bond acceptors (Lipinski definition) is 3. The van der Waals surface area contributed by atoms with Crippen molar-refractivity contribution in [2.75, 3.05) is 7.11 Å². The van der Waals surface area contributed by atoms with Crippen LogP contribution in [0.2, 0.25) is 0 Å². The number of rotatable bonds is 5. The lowest BCUT2D eigenvalue weighted by molar-refractivity contribution is 0.395. The molecule has 1 aromatic carbocycles. The van der Waals surface area contributed by atoms with Crippen LogP contribution in [0.5, 0.6) is 5.88 Å². The van der Waals surface area contributed by atoms with Gasteiger partial charge in [-0.2, -0.15) is 0 Å². The second kappa shape index (κ2) is 6.52. The van der Waals surface area contributed by atoms with Gasteiger partial charge >= 0.3 is 0 Å². The number of pyridine rings is 1. The molecule has 2 rings (SSSR count). The zero-order chi connectivity index (χ0) is 12.8. The van der Waals surface area contributed by atoms with Crippen molar-refractivity contribution in [2.24, 2.45) is 0 Å². The molecule has 0 saturated carbocycles. The van der Waals surface area contributed by atoms with Crippen LogP contribution in [0.4, 0.5) is 0 Å². The van der Waals surface area contributed by atoms with Crippen molar-refractivity contribution in [2.45, 2.75) is 13.1 Å². The molecule has 4 heteroatoms. The fraction of sp³-hybridized carbons (Fsp3) is 0.214. The van der Waals surface area contributed by atoms with Crippen molar-refractivity contribution in [1.29, 1.82) is 0 Å². The number of nitrogens with one attached hydrogen (secondary N) is 1. The highest BCUT2D eigenvalue weighted by molar-refractivity contribution is 9.10. The van der Waals surface area contributed by atoms with E-state index in [1.807, 2.05) is 30.3 Å². The molecule has 0 bridgehead atoms. The van der Waals surface area contributed by atoms with E-state index in [4.69, 9.17) is 4.74 Å². The number of nitrogens with zero attached hydrogens (tertiary/aromatic N) is 1. The van der Waals surface area contributed by atoms with Gasteiger partial charge in [0.2, 0.25) is 5.88 Å². The molecular weight excluding hydrogens is 292 g/mol. The molecule has 0 unspecified atom stereocenters. The van der Waals surface area contributed by atoms with Gasteiger partial charge in [0.15, 0.2) is 0 Å². The second-order valence-electron chi connectivity index (χ2n) is 3.90. The zero-order valence-electron chi connectivity index (χ0n) is 10.2. The highest BCUT2D eigenvalue weighted by atomic mass is 79.9. The van der Waals surface area contributed by atoms with E-state index >= 15 is 0 Å². The maximum Gasteiger partial charge on any atom is 0.213 e. The summed E-state index contributed by atoms with van der Waals surface area (Å²) in [4.78, 5) is 4.34. The van der Waals surface area contributed by atoms with Gasteiger partial charge in [0.25, 0.3) is 0 Å². The van der Waals surface area contributed by atoms with Crippen LogP contribution in [-0.4, -0.2) is 12.1 Å². The van der Waals surface area contributed by atoms with Crippen molar-refractivity contribution in [3.63, 3.8) is 0 Å². The smallest absolute Gasteiger partial charge is 0.213 e. The summed E-state index contributed by atoms with van der Waals surface area (Å²) in [6.45, 7) is 1.55. The van der Waals surface area contributed by atoms with Gasteiger partial charge in [0.05, 0.1) is 12.8 Å². The summed E-state index contributed by atoms with van der Waals surface area (Å²) < 4.78 is 6.19. The zero-order valence-corrected chi connectivity index (χ0v) is 11.8. The third-order valence-corrected chi connectivity index (χ3v) is 3.07. The van der Waals surface area contributed by atoms with Gasteiger partial charge in [0.1, 0.15) is 0 Å². The average Bonchev–Trinajstić information content (AvgIpc) is 2.41. The fourth-order valence-corrected chi connectivity index (χ4v) is 1.87. The Kier molecular flexibility index (Phi) is 4.73. The minimum absolute atomic E-state index is 0.651. The van der Waals surface area contributed by atoms with Crippen LogP contribution < -0.4 is 10.1 Å². The first-order valence-corrected chi connectivity index (χ1v) is 6.52. The number of benzene rings is 1. The third-order valence-electron chi connectivity index (χ3n) is 2.54. The predicted molar refractivity (Wildman–Crippen MR) is 75.5 cm³/mol. The van der Waals surface area contributed by atoms with Crippen molar-refractivity contribution in [1.82, 2.24) is 10.3 Å². The fourth-order valence-electron chi connectivity index (χ4n) is 1.61. The number of ether oxygens (including phenoxy) is 1. The maximum absolute atomic E-state index is 5.09. The second-order valence-corrected chi connectivity index (χ2v) is 4.82. The number of hydrogen-bond donors (Lipinski definition) is 1. The lowest BCUT2D eigenvalue weighted by atomic mass is 10.2. The Morgan fingerprint density at radius 1 is 1.11 bits per heavy atom. The minimum Gasteiger partial charge on any atom is -0.481 e. The first-order valence-electron chi connectivity index (χ1n) is 5.73. The quantitative estimate of drug-likeness (QED) is 0.921. The summed E-state index contributed by atoms with van der Waals surface area (Å²) in [7, 11) is 1.63. The molecule has 0 aliphatic carbocycles. The molecule has 0 spiro atoms. The molecule has 0 amide bonds. The summed E-state index contributed by atoms with van der Waals surface area (Å²) in [5.74, 6) is 0.651. The molecule has 0 radical (unpaired) electrons. The van der Waals surface area contributed by atoms with Crippen LogP contribution in [0.1, 0.15) is 11.3 Å². The SMILES string of the molecule is COc1cccc(CNCc2ccc(Br)cc2)n1. The molecule has 1 N–H and O–H groups in total. The van der Waals surface area contributed by atoms with Gasteiger partial charge in [-0.05, 0) is 23.8 Å². The molecular formula is C14H15BrN2O. The van der Waals surface area contributed by atoms with Gasteiger partial charge in [-0.25, -0.2) is 4.98 Å². The summed E-state index contributed by atoms with van der Waals surface area (Å²) in [6.07, 6.45) is 0. The number of aromatic nitrogens is 1. The first kappa shape index (κ1) is 13.1. The number of halogens is 1. The average molecular weight is 307 g/mol. The third kappa shape index (κ3) is 3.82. The molecule has 0 aliphatic rings. The van der Waals surface area contributed by atoms with Crippen molar-refractivity contribution in [3.05, 3.63) is 58.2 Å². The summed E-state index contributed by atoms with van der Waals surface area (Å²) >= 11 is 3.42. The molecule has 0 saturated heterocycles. The van der Waals surface area contributed by atoms with E-state index in [1.165, 1.54) is 5.56 Å². The van der Waals surface area contributed by atoms with Gasteiger partial charge in [-0.3, -0.25) is 0 Å². The summed E-state index contributed by atoms with van der Waals surface area (Å²) in [5.41, 5.74) is 2.23. The standard InChI is InChI=1S/C14H15BrN2O/c1-18-14-4-2-3-13(17-14)10-16-9-11-5-7-12(15)8-6-11/h2-8,16H,9-10H2,1H3. The normalized spacial score (nSPS) is 10.3. The Morgan fingerprint density at radius 2 is 1.89 bits per heavy atom. The van der Waals surface area contributed by atoms with Crippen LogP contribution in [0.15, 0.2) is 46.9 Å². The molecule has 94 valence electrons. The lowest BCUT2D eigenvalue weighted by Gasteiger charge is -2.06. The highest BCUT2D eigenvalue weighted by Gasteiger charge is 1.98. The Bertz CT molecular complexity index is 499. The van der Waals surface area contributed by atoms with E-state index in [0.717, 1.165) is 23.3 Å². The Morgan fingerprint density at radius 3 is 2.61 bits per heavy atom. The highest BCUT2D eigenvalue weighted by Crippen LogP contribution is 2.10. The molecule has 1 heterocycles. The monoisotopic (exact) mass is 306 g/mol. The van der Waals surface area contributed by atoms with Gasteiger partial charge in [0, 0.05) is 23.6 Å². The van der Waals surface area contributed by atoms with E-state index in [0.29, 0.717) is 5.88 Å². The van der Waals surface area contributed by atoms with E-state index in [2.05, 4.69) is 38.4 Å². The maximum atomic E-state index is 5.09. The van der Waals surface area contributed by atoms with E-state index in [1.54, 1.807) is 7.11 Å². The van der Waals surface area contributed by atoms with Gasteiger partial charge in [-0.15, -0.1) is 0 Å². The van der Waals surface area contributed by atoms with E-state index in [9.17, 15) is 0 Å².